The van der Waals surface area contributed by atoms with Crippen LogP contribution < -0.4 is 10.6 Å². The zero-order valence-electron chi connectivity index (χ0n) is 14.7. The Labute approximate surface area is 139 Å². The number of urea groups is 1. The summed E-state index contributed by atoms with van der Waals surface area (Å²) in [5.74, 6) is 0. The molecule has 1 aliphatic heterocycles. The van der Waals surface area contributed by atoms with E-state index in [1.165, 1.54) is 19.3 Å². The van der Waals surface area contributed by atoms with Crippen molar-refractivity contribution in [2.24, 2.45) is 0 Å². The van der Waals surface area contributed by atoms with E-state index in [1.54, 1.807) is 0 Å². The van der Waals surface area contributed by atoms with Crippen LogP contribution in [0.1, 0.15) is 65.7 Å². The molecule has 0 aromatic heterocycles. The van der Waals surface area contributed by atoms with Gasteiger partial charge in [0.2, 0.25) is 0 Å². The van der Waals surface area contributed by atoms with E-state index in [-0.39, 0.29) is 18.2 Å². The number of carbonyl (C=O) groups is 2. The van der Waals surface area contributed by atoms with E-state index in [0.717, 1.165) is 25.7 Å². The lowest BCUT2D eigenvalue weighted by atomic mass is 9.95. The monoisotopic (exact) mass is 325 g/mol. The molecule has 1 saturated heterocycles. The first-order valence-corrected chi connectivity index (χ1v) is 8.88. The molecule has 1 heterocycles. The Morgan fingerprint density at radius 3 is 2.04 bits per heavy atom. The number of likely N-dealkylation sites (tertiary alicyclic amines) is 1. The Morgan fingerprint density at radius 1 is 0.913 bits per heavy atom. The number of hydrogen-bond donors (Lipinski definition) is 2. The standard InChI is InChI=1S/C17H31N3O3/c1-17(2,3)23-16(22)19-14-9-11-20(12-10-14)15(21)18-13-7-5-4-6-8-13/h13-14H,4-12H2,1-3H3,(H,18,21)(H,19,22). The molecule has 0 bridgehead atoms. The number of piperidine rings is 1. The molecule has 132 valence electrons. The fourth-order valence-electron chi connectivity index (χ4n) is 3.21. The Morgan fingerprint density at radius 2 is 1.48 bits per heavy atom. The van der Waals surface area contributed by atoms with Gasteiger partial charge < -0.3 is 20.3 Å². The second-order valence-corrected chi connectivity index (χ2v) is 7.69. The lowest BCUT2D eigenvalue weighted by Gasteiger charge is -2.34. The predicted molar refractivity (Wildman–Crippen MR) is 89.4 cm³/mol. The van der Waals surface area contributed by atoms with E-state index in [0.29, 0.717) is 19.1 Å². The van der Waals surface area contributed by atoms with Gasteiger partial charge in [0.25, 0.3) is 0 Å². The Kier molecular flexibility index (Phi) is 6.13. The van der Waals surface area contributed by atoms with E-state index in [2.05, 4.69) is 10.6 Å². The number of alkyl carbamates (subject to hydrolysis) is 1. The van der Waals surface area contributed by atoms with Crippen LogP contribution in [0.25, 0.3) is 0 Å². The van der Waals surface area contributed by atoms with Crippen molar-refractivity contribution in [2.45, 2.75) is 83.4 Å². The molecule has 6 heteroatoms. The van der Waals surface area contributed by atoms with Crippen molar-refractivity contribution in [1.82, 2.24) is 15.5 Å². The molecule has 2 aliphatic rings. The molecular formula is C17H31N3O3. The van der Waals surface area contributed by atoms with E-state index in [9.17, 15) is 9.59 Å². The highest BCUT2D eigenvalue weighted by molar-refractivity contribution is 5.74. The van der Waals surface area contributed by atoms with Crippen molar-refractivity contribution in [3.63, 3.8) is 0 Å². The maximum atomic E-state index is 12.3. The summed E-state index contributed by atoms with van der Waals surface area (Å²) in [6, 6.07) is 0.477. The van der Waals surface area contributed by atoms with Gasteiger partial charge in [-0.25, -0.2) is 9.59 Å². The molecule has 23 heavy (non-hydrogen) atoms. The SMILES string of the molecule is CC(C)(C)OC(=O)NC1CCN(C(=O)NC2CCCCC2)CC1. The normalized spacial score (nSPS) is 20.9. The first kappa shape index (κ1) is 17.9. The molecular weight excluding hydrogens is 294 g/mol. The largest absolute Gasteiger partial charge is 0.444 e. The smallest absolute Gasteiger partial charge is 0.407 e. The molecule has 6 nitrogen and oxygen atoms in total. The van der Waals surface area contributed by atoms with Crippen LogP contribution in [-0.2, 0) is 4.74 Å². The molecule has 0 aromatic rings. The second kappa shape index (κ2) is 7.88. The van der Waals surface area contributed by atoms with Crippen molar-refractivity contribution in [3.05, 3.63) is 0 Å². The molecule has 2 fully saturated rings. The van der Waals surface area contributed by atoms with E-state index in [1.807, 2.05) is 25.7 Å². The number of amides is 3. The fourth-order valence-corrected chi connectivity index (χ4v) is 3.21. The summed E-state index contributed by atoms with van der Waals surface area (Å²) in [6.07, 6.45) is 7.09. The van der Waals surface area contributed by atoms with Crippen molar-refractivity contribution in [2.75, 3.05) is 13.1 Å². The number of hydrogen-bond acceptors (Lipinski definition) is 3. The zero-order valence-corrected chi connectivity index (χ0v) is 14.7. The number of rotatable bonds is 2. The van der Waals surface area contributed by atoms with Crippen LogP contribution in [0.2, 0.25) is 0 Å². The van der Waals surface area contributed by atoms with Gasteiger partial charge in [-0.2, -0.15) is 0 Å². The van der Waals surface area contributed by atoms with Crippen LogP contribution >= 0.6 is 0 Å². The maximum Gasteiger partial charge on any atom is 0.407 e. The topological polar surface area (TPSA) is 70.7 Å². The summed E-state index contributed by atoms with van der Waals surface area (Å²) in [4.78, 5) is 25.9. The minimum Gasteiger partial charge on any atom is -0.444 e. The van der Waals surface area contributed by atoms with Crippen LogP contribution in [0.3, 0.4) is 0 Å². The van der Waals surface area contributed by atoms with Gasteiger partial charge in [-0.15, -0.1) is 0 Å². The predicted octanol–water partition coefficient (Wildman–Crippen LogP) is 3.02. The molecule has 0 atom stereocenters. The van der Waals surface area contributed by atoms with Gasteiger partial charge in [0.15, 0.2) is 0 Å². The summed E-state index contributed by atoms with van der Waals surface area (Å²) in [7, 11) is 0. The van der Waals surface area contributed by atoms with Gasteiger partial charge in [0.05, 0.1) is 0 Å². The highest BCUT2D eigenvalue weighted by Gasteiger charge is 2.27. The van der Waals surface area contributed by atoms with Gasteiger partial charge in [-0.05, 0) is 46.5 Å². The van der Waals surface area contributed by atoms with Gasteiger partial charge in [-0.1, -0.05) is 19.3 Å². The van der Waals surface area contributed by atoms with Crippen molar-refractivity contribution in [3.8, 4) is 0 Å². The van der Waals surface area contributed by atoms with Gasteiger partial charge >= 0.3 is 12.1 Å². The van der Waals surface area contributed by atoms with E-state index < -0.39 is 5.60 Å². The Bertz CT molecular complexity index is 406. The van der Waals surface area contributed by atoms with Crippen LogP contribution in [0, 0.1) is 0 Å². The van der Waals surface area contributed by atoms with Crippen LogP contribution in [0.5, 0.6) is 0 Å². The second-order valence-electron chi connectivity index (χ2n) is 7.69. The maximum absolute atomic E-state index is 12.3. The summed E-state index contributed by atoms with van der Waals surface area (Å²) >= 11 is 0. The van der Waals surface area contributed by atoms with Gasteiger partial charge in [-0.3, -0.25) is 0 Å². The summed E-state index contributed by atoms with van der Waals surface area (Å²) < 4.78 is 5.27. The Balaban J connectivity index is 1.68. The zero-order chi connectivity index (χ0) is 16.9. The van der Waals surface area contributed by atoms with Gasteiger partial charge in [0, 0.05) is 25.2 Å². The number of nitrogens with zero attached hydrogens (tertiary/aromatic N) is 1. The summed E-state index contributed by atoms with van der Waals surface area (Å²) in [5.41, 5.74) is -0.481. The molecule has 1 aliphatic carbocycles. The first-order valence-electron chi connectivity index (χ1n) is 8.88. The third-order valence-corrected chi connectivity index (χ3v) is 4.44. The lowest BCUT2D eigenvalue weighted by Crippen LogP contribution is -2.51. The number of nitrogens with one attached hydrogen (secondary N) is 2. The van der Waals surface area contributed by atoms with Crippen molar-refractivity contribution in [1.29, 1.82) is 0 Å². The molecule has 3 amide bonds. The molecule has 0 unspecified atom stereocenters. The van der Waals surface area contributed by atoms with Gasteiger partial charge in [0.1, 0.15) is 5.60 Å². The highest BCUT2D eigenvalue weighted by atomic mass is 16.6. The summed E-state index contributed by atoms with van der Waals surface area (Å²) in [6.45, 7) is 6.92. The lowest BCUT2D eigenvalue weighted by molar-refractivity contribution is 0.0485. The molecule has 2 rings (SSSR count). The molecule has 2 N–H and O–H groups in total. The average molecular weight is 325 g/mol. The molecule has 0 radical (unpaired) electrons. The number of carbonyl (C=O) groups excluding carboxylic acids is 2. The van der Waals surface area contributed by atoms with E-state index >= 15 is 0 Å². The minimum absolute atomic E-state index is 0.0487. The Hall–Kier alpha value is -1.46. The molecule has 0 aromatic carbocycles. The summed E-state index contributed by atoms with van der Waals surface area (Å²) in [5, 5.41) is 6.05. The highest BCUT2D eigenvalue weighted by Crippen LogP contribution is 2.18. The average Bonchev–Trinajstić information content (AvgIpc) is 2.47. The van der Waals surface area contributed by atoms with Crippen LogP contribution in [0.4, 0.5) is 9.59 Å². The van der Waals surface area contributed by atoms with Crippen LogP contribution in [0.15, 0.2) is 0 Å². The van der Waals surface area contributed by atoms with Crippen LogP contribution in [-0.4, -0.2) is 47.8 Å². The van der Waals surface area contributed by atoms with Crippen molar-refractivity contribution < 1.29 is 14.3 Å². The third kappa shape index (κ3) is 6.28. The van der Waals surface area contributed by atoms with E-state index in [4.69, 9.17) is 4.74 Å². The quantitative estimate of drug-likeness (QED) is 0.820. The minimum atomic E-state index is -0.481. The van der Waals surface area contributed by atoms with Crippen molar-refractivity contribution >= 4 is 12.1 Å². The third-order valence-electron chi connectivity index (χ3n) is 4.44. The first-order chi connectivity index (χ1) is 10.8. The number of ether oxygens (including phenoxy) is 1. The fraction of sp³-hybridized carbons (Fsp3) is 0.882. The molecule has 1 saturated carbocycles. The molecule has 0 spiro atoms.